The standard InChI is InChI=1S/C18H24N2O7/c1-3-4-5-6-10-19-18(23)16(11-17(22)26-2)27-15-9-7-8-14(20(24)25)13(15)12-21/h7-9,12,16H,3-6,10-11H2,1-2H3,(H,19,23). The van der Waals surface area contributed by atoms with Crippen LogP contribution >= 0.6 is 0 Å². The minimum absolute atomic E-state index is 0.144. The van der Waals surface area contributed by atoms with Crippen molar-refractivity contribution in [2.75, 3.05) is 13.7 Å². The number of ether oxygens (including phenoxy) is 2. The van der Waals surface area contributed by atoms with Crippen LogP contribution in [0.25, 0.3) is 0 Å². The average molecular weight is 380 g/mol. The molecule has 0 fully saturated rings. The number of nitro groups is 1. The van der Waals surface area contributed by atoms with Gasteiger partial charge in [-0.3, -0.25) is 24.5 Å². The summed E-state index contributed by atoms with van der Waals surface area (Å²) in [5, 5.41) is 13.7. The molecular formula is C18H24N2O7. The number of nitro benzene ring substituents is 1. The number of hydrogen-bond acceptors (Lipinski definition) is 7. The summed E-state index contributed by atoms with van der Waals surface area (Å²) in [6.07, 6.45) is 2.46. The molecule has 0 heterocycles. The third-order valence-corrected chi connectivity index (χ3v) is 3.83. The van der Waals surface area contributed by atoms with Crippen molar-refractivity contribution in [2.24, 2.45) is 0 Å². The highest BCUT2D eigenvalue weighted by molar-refractivity contribution is 5.88. The molecule has 0 aromatic heterocycles. The molecule has 1 N–H and O–H groups in total. The molecule has 0 aliphatic carbocycles. The lowest BCUT2D eigenvalue weighted by molar-refractivity contribution is -0.385. The molecule has 1 atom stereocenters. The molecule has 0 spiro atoms. The summed E-state index contributed by atoms with van der Waals surface area (Å²) in [7, 11) is 1.17. The van der Waals surface area contributed by atoms with E-state index in [1.807, 2.05) is 0 Å². The van der Waals surface area contributed by atoms with E-state index < -0.39 is 35.0 Å². The minimum Gasteiger partial charge on any atom is -0.479 e. The number of esters is 1. The van der Waals surface area contributed by atoms with Crippen LogP contribution in [-0.4, -0.2) is 42.8 Å². The molecule has 148 valence electrons. The molecule has 9 heteroatoms. The molecule has 1 amide bonds. The molecule has 0 bridgehead atoms. The number of amides is 1. The number of unbranched alkanes of at least 4 members (excludes halogenated alkanes) is 3. The van der Waals surface area contributed by atoms with Gasteiger partial charge in [-0.15, -0.1) is 0 Å². The van der Waals surface area contributed by atoms with Crippen LogP contribution in [0.15, 0.2) is 18.2 Å². The summed E-state index contributed by atoms with van der Waals surface area (Å²) in [5.74, 6) is -1.38. The van der Waals surface area contributed by atoms with E-state index in [0.29, 0.717) is 6.54 Å². The number of methoxy groups -OCH3 is 1. The van der Waals surface area contributed by atoms with Crippen molar-refractivity contribution < 1.29 is 28.8 Å². The van der Waals surface area contributed by atoms with Gasteiger partial charge in [0.05, 0.1) is 18.5 Å². The predicted octanol–water partition coefficient (Wildman–Crippen LogP) is 2.41. The summed E-state index contributed by atoms with van der Waals surface area (Å²) >= 11 is 0. The maximum atomic E-state index is 12.4. The zero-order valence-corrected chi connectivity index (χ0v) is 15.4. The van der Waals surface area contributed by atoms with Gasteiger partial charge >= 0.3 is 5.97 Å². The van der Waals surface area contributed by atoms with Crippen molar-refractivity contribution in [3.05, 3.63) is 33.9 Å². The number of carbonyl (C=O) groups is 3. The first-order chi connectivity index (χ1) is 12.9. The Labute approximate surface area is 157 Å². The van der Waals surface area contributed by atoms with Crippen molar-refractivity contribution in [3.8, 4) is 5.75 Å². The van der Waals surface area contributed by atoms with Gasteiger partial charge < -0.3 is 14.8 Å². The lowest BCUT2D eigenvalue weighted by atomic mass is 10.1. The quantitative estimate of drug-likeness (QED) is 0.194. The fraction of sp³-hybridized carbons (Fsp3) is 0.500. The maximum Gasteiger partial charge on any atom is 0.309 e. The number of nitrogens with zero attached hydrogens (tertiary/aromatic N) is 1. The normalized spacial score (nSPS) is 11.3. The number of hydrogen-bond donors (Lipinski definition) is 1. The molecule has 0 aliphatic rings. The summed E-state index contributed by atoms with van der Waals surface area (Å²) in [6, 6.07) is 3.81. The average Bonchev–Trinajstić information content (AvgIpc) is 2.66. The number of rotatable bonds is 12. The van der Waals surface area contributed by atoms with Gasteiger partial charge in [-0.25, -0.2) is 0 Å². The molecule has 1 unspecified atom stereocenters. The van der Waals surface area contributed by atoms with Crippen LogP contribution in [0.1, 0.15) is 49.4 Å². The van der Waals surface area contributed by atoms with E-state index in [1.54, 1.807) is 0 Å². The first kappa shape index (κ1) is 22.1. The Balaban J connectivity index is 2.93. The Hall–Kier alpha value is -2.97. The maximum absolute atomic E-state index is 12.4. The molecule has 1 aromatic rings. The molecular weight excluding hydrogens is 356 g/mol. The highest BCUT2D eigenvalue weighted by Gasteiger charge is 2.27. The fourth-order valence-electron chi connectivity index (χ4n) is 2.37. The van der Waals surface area contributed by atoms with E-state index in [9.17, 15) is 24.5 Å². The van der Waals surface area contributed by atoms with E-state index in [2.05, 4.69) is 17.0 Å². The summed E-state index contributed by atoms with van der Waals surface area (Å²) in [5.41, 5.74) is -0.743. The minimum atomic E-state index is -1.27. The van der Waals surface area contributed by atoms with E-state index in [4.69, 9.17) is 4.74 Å². The Morgan fingerprint density at radius 1 is 1.30 bits per heavy atom. The van der Waals surface area contributed by atoms with Crippen LogP contribution < -0.4 is 10.1 Å². The molecule has 27 heavy (non-hydrogen) atoms. The SMILES string of the molecule is CCCCCCNC(=O)C(CC(=O)OC)Oc1cccc([N+](=O)[O-])c1C=O. The van der Waals surface area contributed by atoms with Gasteiger partial charge in [0.25, 0.3) is 11.6 Å². The van der Waals surface area contributed by atoms with Crippen LogP contribution in [0.4, 0.5) is 5.69 Å². The van der Waals surface area contributed by atoms with Gasteiger partial charge in [-0.05, 0) is 12.5 Å². The number of nitrogens with one attached hydrogen (secondary N) is 1. The Bertz CT molecular complexity index is 676. The van der Waals surface area contributed by atoms with Crippen LogP contribution in [0.3, 0.4) is 0 Å². The largest absolute Gasteiger partial charge is 0.479 e. The third kappa shape index (κ3) is 7.04. The van der Waals surface area contributed by atoms with Gasteiger partial charge in [0, 0.05) is 12.6 Å². The highest BCUT2D eigenvalue weighted by atomic mass is 16.6. The van der Waals surface area contributed by atoms with E-state index in [0.717, 1.165) is 31.7 Å². The van der Waals surface area contributed by atoms with Gasteiger partial charge in [0.15, 0.2) is 12.4 Å². The van der Waals surface area contributed by atoms with Gasteiger partial charge in [-0.2, -0.15) is 0 Å². The lowest BCUT2D eigenvalue weighted by Gasteiger charge is -2.18. The molecule has 1 rings (SSSR count). The van der Waals surface area contributed by atoms with Crippen molar-refractivity contribution in [3.63, 3.8) is 0 Å². The smallest absolute Gasteiger partial charge is 0.309 e. The Morgan fingerprint density at radius 2 is 2.04 bits per heavy atom. The second-order valence-corrected chi connectivity index (χ2v) is 5.80. The van der Waals surface area contributed by atoms with Crippen LogP contribution in [0.5, 0.6) is 5.75 Å². The van der Waals surface area contributed by atoms with Crippen LogP contribution in [0.2, 0.25) is 0 Å². The van der Waals surface area contributed by atoms with Crippen molar-refractivity contribution in [2.45, 2.75) is 45.1 Å². The monoisotopic (exact) mass is 380 g/mol. The van der Waals surface area contributed by atoms with E-state index in [-0.39, 0.29) is 17.6 Å². The second-order valence-electron chi connectivity index (χ2n) is 5.80. The topological polar surface area (TPSA) is 125 Å². The van der Waals surface area contributed by atoms with E-state index >= 15 is 0 Å². The first-order valence-corrected chi connectivity index (χ1v) is 8.68. The number of aldehydes is 1. The molecule has 0 saturated heterocycles. The van der Waals surface area contributed by atoms with Crippen molar-refractivity contribution in [1.29, 1.82) is 0 Å². The Kier molecular flexibility index (Phi) is 9.49. The summed E-state index contributed by atoms with van der Waals surface area (Å²) in [4.78, 5) is 45.6. The lowest BCUT2D eigenvalue weighted by Crippen LogP contribution is -2.40. The van der Waals surface area contributed by atoms with Gasteiger partial charge in [-0.1, -0.05) is 32.3 Å². The van der Waals surface area contributed by atoms with Crippen LogP contribution in [-0.2, 0) is 14.3 Å². The number of carbonyl (C=O) groups excluding carboxylic acids is 3. The number of benzene rings is 1. The zero-order chi connectivity index (χ0) is 20.2. The van der Waals surface area contributed by atoms with Crippen molar-refractivity contribution in [1.82, 2.24) is 5.32 Å². The third-order valence-electron chi connectivity index (χ3n) is 3.83. The molecule has 0 aliphatic heterocycles. The first-order valence-electron chi connectivity index (χ1n) is 8.68. The molecule has 1 aromatic carbocycles. The summed E-state index contributed by atoms with van der Waals surface area (Å²) in [6.45, 7) is 2.48. The molecule has 0 saturated carbocycles. The summed E-state index contributed by atoms with van der Waals surface area (Å²) < 4.78 is 10.1. The molecule has 0 radical (unpaired) electrons. The van der Waals surface area contributed by atoms with Gasteiger partial charge in [0.1, 0.15) is 11.3 Å². The Morgan fingerprint density at radius 3 is 2.63 bits per heavy atom. The second kappa shape index (κ2) is 11.6. The van der Waals surface area contributed by atoms with Gasteiger partial charge in [0.2, 0.25) is 0 Å². The van der Waals surface area contributed by atoms with Crippen LogP contribution in [0, 0.1) is 10.1 Å². The predicted molar refractivity (Wildman–Crippen MR) is 96.7 cm³/mol. The van der Waals surface area contributed by atoms with Crippen molar-refractivity contribution >= 4 is 23.9 Å². The molecule has 9 nitrogen and oxygen atoms in total. The zero-order valence-electron chi connectivity index (χ0n) is 15.4. The fourth-order valence-corrected chi connectivity index (χ4v) is 2.37. The van der Waals surface area contributed by atoms with E-state index in [1.165, 1.54) is 19.2 Å². The highest BCUT2D eigenvalue weighted by Crippen LogP contribution is 2.27.